The Bertz CT molecular complexity index is 533. The van der Waals surface area contributed by atoms with E-state index >= 15 is 0 Å². The van der Waals surface area contributed by atoms with Gasteiger partial charge in [0.05, 0.1) is 5.52 Å². The number of para-hydroxylation sites is 1. The van der Waals surface area contributed by atoms with E-state index in [2.05, 4.69) is 48.1 Å². The number of fused-ring (bicyclic) bond motifs is 1. The predicted molar refractivity (Wildman–Crippen MR) is 85.7 cm³/mol. The maximum atomic E-state index is 6.03. The Morgan fingerprint density at radius 2 is 2.00 bits per heavy atom. The van der Waals surface area contributed by atoms with Gasteiger partial charge in [-0.1, -0.05) is 44.0 Å². The van der Waals surface area contributed by atoms with Crippen LogP contribution in [0, 0.1) is 0 Å². The molecule has 1 atom stereocenters. The van der Waals surface area contributed by atoms with Gasteiger partial charge in [0.25, 0.3) is 0 Å². The Labute approximate surface area is 121 Å². The van der Waals surface area contributed by atoms with Gasteiger partial charge in [-0.25, -0.2) is 0 Å². The molecule has 0 saturated heterocycles. The number of hydrogen-bond acceptors (Lipinski definition) is 3. The molecule has 0 saturated carbocycles. The van der Waals surface area contributed by atoms with Crippen LogP contribution in [0.25, 0.3) is 10.9 Å². The summed E-state index contributed by atoms with van der Waals surface area (Å²) in [5, 5.41) is 1.19. The molecule has 1 unspecified atom stereocenters. The zero-order valence-corrected chi connectivity index (χ0v) is 12.5. The summed E-state index contributed by atoms with van der Waals surface area (Å²) in [6.07, 6.45) is 5.60. The van der Waals surface area contributed by atoms with Gasteiger partial charge in [-0.05, 0) is 31.6 Å². The lowest BCUT2D eigenvalue weighted by atomic mass is 10.0. The molecule has 2 aromatic rings. The van der Waals surface area contributed by atoms with Crippen molar-refractivity contribution in [3.63, 3.8) is 0 Å². The smallest absolute Gasteiger partial charge is 0.0750 e. The lowest BCUT2D eigenvalue weighted by Gasteiger charge is -2.28. The van der Waals surface area contributed by atoms with Crippen molar-refractivity contribution in [1.82, 2.24) is 9.88 Å². The molecule has 0 fully saturated rings. The first kappa shape index (κ1) is 14.9. The fourth-order valence-electron chi connectivity index (χ4n) is 2.71. The van der Waals surface area contributed by atoms with E-state index in [9.17, 15) is 0 Å². The average molecular weight is 271 g/mol. The van der Waals surface area contributed by atoms with Crippen LogP contribution in [-0.4, -0.2) is 30.0 Å². The minimum atomic E-state index is 0.241. The van der Waals surface area contributed by atoms with Gasteiger partial charge in [0, 0.05) is 24.2 Å². The van der Waals surface area contributed by atoms with E-state index in [4.69, 9.17) is 5.73 Å². The van der Waals surface area contributed by atoms with Crippen molar-refractivity contribution in [2.24, 2.45) is 5.73 Å². The highest BCUT2D eigenvalue weighted by atomic mass is 15.1. The van der Waals surface area contributed by atoms with Crippen LogP contribution in [-0.2, 0) is 0 Å². The molecule has 0 bridgehead atoms. The molecule has 2 N–H and O–H groups in total. The lowest BCUT2D eigenvalue weighted by Crippen LogP contribution is -2.31. The third-order valence-electron chi connectivity index (χ3n) is 3.89. The summed E-state index contributed by atoms with van der Waals surface area (Å²) in [5.41, 5.74) is 8.35. The number of likely N-dealkylation sites (N-methyl/N-ethyl adjacent to an activating group) is 1. The van der Waals surface area contributed by atoms with Crippen LogP contribution < -0.4 is 5.73 Å². The van der Waals surface area contributed by atoms with Crippen LogP contribution in [0.5, 0.6) is 0 Å². The molecule has 3 heteroatoms. The number of nitrogens with two attached hydrogens (primary N) is 1. The van der Waals surface area contributed by atoms with Gasteiger partial charge in [-0.15, -0.1) is 0 Å². The molecule has 3 nitrogen and oxygen atoms in total. The van der Waals surface area contributed by atoms with Crippen molar-refractivity contribution in [1.29, 1.82) is 0 Å². The molecule has 20 heavy (non-hydrogen) atoms. The van der Waals surface area contributed by atoms with Gasteiger partial charge in [0.1, 0.15) is 0 Å². The highest BCUT2D eigenvalue weighted by Crippen LogP contribution is 2.25. The maximum absolute atomic E-state index is 6.03. The molecule has 2 rings (SSSR count). The van der Waals surface area contributed by atoms with Crippen molar-refractivity contribution in [3.05, 3.63) is 42.1 Å². The first-order valence-electron chi connectivity index (χ1n) is 7.52. The molecule has 1 aromatic heterocycles. The van der Waals surface area contributed by atoms with Crippen molar-refractivity contribution < 1.29 is 0 Å². The van der Waals surface area contributed by atoms with Gasteiger partial charge in [-0.3, -0.25) is 9.88 Å². The number of nitrogens with zero attached hydrogens (tertiary/aromatic N) is 2. The Kier molecular flexibility index (Phi) is 5.50. The minimum Gasteiger partial charge on any atom is -0.329 e. The molecule has 0 aliphatic carbocycles. The molecule has 0 aliphatic rings. The van der Waals surface area contributed by atoms with Gasteiger partial charge in [0.15, 0.2) is 0 Å². The number of benzene rings is 1. The molecule has 1 heterocycles. The van der Waals surface area contributed by atoms with E-state index < -0.39 is 0 Å². The zero-order chi connectivity index (χ0) is 14.4. The molecule has 0 spiro atoms. The van der Waals surface area contributed by atoms with Crippen LogP contribution in [0.1, 0.15) is 37.8 Å². The second kappa shape index (κ2) is 7.36. The third-order valence-corrected chi connectivity index (χ3v) is 3.89. The van der Waals surface area contributed by atoms with Crippen LogP contribution in [0.2, 0.25) is 0 Å². The van der Waals surface area contributed by atoms with E-state index in [0.29, 0.717) is 6.54 Å². The predicted octanol–water partition coefficient (Wildman–Crippen LogP) is 3.36. The largest absolute Gasteiger partial charge is 0.329 e. The highest BCUT2D eigenvalue weighted by molar-refractivity contribution is 5.82. The Morgan fingerprint density at radius 3 is 2.75 bits per heavy atom. The standard InChI is InChI=1S/C17H25N3/c1-3-4-5-12-20(2)16(13-18)15-10-6-8-14-9-7-11-19-17(14)15/h6-11,16H,3-5,12-13,18H2,1-2H3. The second-order valence-corrected chi connectivity index (χ2v) is 5.36. The highest BCUT2D eigenvalue weighted by Gasteiger charge is 2.17. The lowest BCUT2D eigenvalue weighted by molar-refractivity contribution is 0.246. The summed E-state index contributed by atoms with van der Waals surface area (Å²) >= 11 is 0. The summed E-state index contributed by atoms with van der Waals surface area (Å²) in [4.78, 5) is 6.91. The molecule has 0 amide bonds. The summed E-state index contributed by atoms with van der Waals surface area (Å²) in [7, 11) is 2.16. The summed E-state index contributed by atoms with van der Waals surface area (Å²) < 4.78 is 0. The Hall–Kier alpha value is -1.45. The van der Waals surface area contributed by atoms with Crippen molar-refractivity contribution in [2.45, 2.75) is 32.2 Å². The number of unbranched alkanes of at least 4 members (excludes halogenated alkanes) is 2. The normalized spacial score (nSPS) is 13.0. The van der Waals surface area contributed by atoms with Gasteiger partial charge < -0.3 is 5.73 Å². The fourth-order valence-corrected chi connectivity index (χ4v) is 2.71. The molecular formula is C17H25N3. The topological polar surface area (TPSA) is 42.1 Å². The fraction of sp³-hybridized carbons (Fsp3) is 0.471. The zero-order valence-electron chi connectivity index (χ0n) is 12.5. The number of hydrogen-bond donors (Lipinski definition) is 1. The molecule has 1 aromatic carbocycles. The van der Waals surface area contributed by atoms with Crippen molar-refractivity contribution >= 4 is 10.9 Å². The van der Waals surface area contributed by atoms with E-state index in [1.54, 1.807) is 0 Å². The number of rotatable bonds is 7. The molecule has 0 aliphatic heterocycles. The molecule has 108 valence electrons. The SMILES string of the molecule is CCCCCN(C)C(CN)c1cccc2cccnc12. The first-order valence-corrected chi connectivity index (χ1v) is 7.52. The van der Waals surface area contributed by atoms with E-state index in [0.717, 1.165) is 12.1 Å². The van der Waals surface area contributed by atoms with Crippen LogP contribution in [0.4, 0.5) is 0 Å². The third kappa shape index (κ3) is 3.35. The number of aromatic nitrogens is 1. The van der Waals surface area contributed by atoms with Gasteiger partial charge in [0.2, 0.25) is 0 Å². The molecule has 0 radical (unpaired) electrons. The van der Waals surface area contributed by atoms with Crippen LogP contribution in [0.15, 0.2) is 36.5 Å². The Balaban J connectivity index is 2.25. The Morgan fingerprint density at radius 1 is 1.20 bits per heavy atom. The maximum Gasteiger partial charge on any atom is 0.0750 e. The molecular weight excluding hydrogens is 246 g/mol. The van der Waals surface area contributed by atoms with Crippen LogP contribution in [0.3, 0.4) is 0 Å². The quantitative estimate of drug-likeness (QED) is 0.785. The van der Waals surface area contributed by atoms with Crippen molar-refractivity contribution in [3.8, 4) is 0 Å². The van der Waals surface area contributed by atoms with Gasteiger partial charge >= 0.3 is 0 Å². The second-order valence-electron chi connectivity index (χ2n) is 5.36. The van der Waals surface area contributed by atoms with E-state index in [1.165, 1.54) is 30.2 Å². The monoisotopic (exact) mass is 271 g/mol. The van der Waals surface area contributed by atoms with Crippen LogP contribution >= 0.6 is 0 Å². The minimum absolute atomic E-state index is 0.241. The van der Waals surface area contributed by atoms with Crippen molar-refractivity contribution in [2.75, 3.05) is 20.1 Å². The summed E-state index contributed by atoms with van der Waals surface area (Å²) in [6.45, 7) is 3.94. The van der Waals surface area contributed by atoms with E-state index in [-0.39, 0.29) is 6.04 Å². The number of pyridine rings is 1. The van der Waals surface area contributed by atoms with E-state index in [1.807, 2.05) is 12.3 Å². The summed E-state index contributed by atoms with van der Waals surface area (Å²) in [6, 6.07) is 10.7. The average Bonchev–Trinajstić information content (AvgIpc) is 2.48. The first-order chi connectivity index (χ1) is 9.77. The van der Waals surface area contributed by atoms with Gasteiger partial charge in [-0.2, -0.15) is 0 Å². The summed E-state index contributed by atoms with van der Waals surface area (Å²) in [5.74, 6) is 0.